The summed E-state index contributed by atoms with van der Waals surface area (Å²) in [6.45, 7) is 2.82. The molecule has 1 saturated heterocycles. The smallest absolute Gasteiger partial charge is 0.244 e. The normalized spacial score (nSPS) is 17.7. The van der Waals surface area contributed by atoms with Gasteiger partial charge in [-0.15, -0.1) is 0 Å². The molecule has 1 atom stereocenters. The van der Waals surface area contributed by atoms with Gasteiger partial charge in [0.1, 0.15) is 10.6 Å². The number of carbonyl (C=O) groups excluding carboxylic acids is 1. The monoisotopic (exact) mass is 356 g/mol. The number of rotatable bonds is 8. The highest BCUT2D eigenvalue weighted by Crippen LogP contribution is 2.25. The van der Waals surface area contributed by atoms with Gasteiger partial charge in [0.15, 0.2) is 0 Å². The van der Waals surface area contributed by atoms with E-state index in [-0.39, 0.29) is 29.2 Å². The molecular weight excluding hydrogens is 332 g/mol. The van der Waals surface area contributed by atoms with Crippen molar-refractivity contribution in [3.63, 3.8) is 0 Å². The Labute approximate surface area is 142 Å². The molecular formula is C16H24N2O5S. The van der Waals surface area contributed by atoms with Gasteiger partial charge in [-0.2, -0.15) is 0 Å². The van der Waals surface area contributed by atoms with Gasteiger partial charge >= 0.3 is 0 Å². The predicted molar refractivity (Wildman–Crippen MR) is 89.5 cm³/mol. The lowest BCUT2D eigenvalue weighted by Crippen LogP contribution is -2.32. The summed E-state index contributed by atoms with van der Waals surface area (Å²) in [5.74, 6) is 0.174. The van der Waals surface area contributed by atoms with E-state index in [9.17, 15) is 13.2 Å². The summed E-state index contributed by atoms with van der Waals surface area (Å²) >= 11 is 0. The summed E-state index contributed by atoms with van der Waals surface area (Å²) < 4.78 is 38.4. The molecule has 2 N–H and O–H groups in total. The Balaban J connectivity index is 2.10. The van der Waals surface area contributed by atoms with Crippen molar-refractivity contribution in [2.24, 2.45) is 0 Å². The van der Waals surface area contributed by atoms with Gasteiger partial charge in [0, 0.05) is 26.6 Å². The second-order valence-corrected chi connectivity index (χ2v) is 7.44. The fraction of sp³-hybridized carbons (Fsp3) is 0.562. The van der Waals surface area contributed by atoms with Crippen LogP contribution in [0.4, 0.5) is 0 Å². The van der Waals surface area contributed by atoms with Gasteiger partial charge in [-0.1, -0.05) is 6.07 Å². The summed E-state index contributed by atoms with van der Waals surface area (Å²) in [5, 5.41) is 2.69. The Bertz CT molecular complexity index is 669. The number of nitrogens with one attached hydrogen (secondary N) is 2. The largest absolute Gasteiger partial charge is 0.495 e. The van der Waals surface area contributed by atoms with Crippen molar-refractivity contribution in [1.82, 2.24) is 10.0 Å². The first-order valence-corrected chi connectivity index (χ1v) is 9.43. The van der Waals surface area contributed by atoms with E-state index in [2.05, 4.69) is 10.0 Å². The molecule has 1 aliphatic heterocycles. The third-order valence-corrected chi connectivity index (χ3v) is 5.27. The third-order valence-electron chi connectivity index (χ3n) is 3.83. The van der Waals surface area contributed by atoms with Crippen molar-refractivity contribution >= 4 is 15.9 Å². The standard InChI is InChI=1S/C16H24N2O5S/c1-12(19)17-8-7-13-5-6-15(22-2)16(10-13)24(20,21)18-11-14-4-3-9-23-14/h5-6,10,14,18H,3-4,7-9,11H2,1-2H3,(H,17,19). The fourth-order valence-electron chi connectivity index (χ4n) is 2.56. The summed E-state index contributed by atoms with van der Waals surface area (Å²) in [6, 6.07) is 5.00. The molecule has 24 heavy (non-hydrogen) atoms. The van der Waals surface area contributed by atoms with Crippen molar-refractivity contribution in [1.29, 1.82) is 0 Å². The maximum absolute atomic E-state index is 12.6. The molecule has 1 aromatic carbocycles. The van der Waals surface area contributed by atoms with Gasteiger partial charge in [0.2, 0.25) is 15.9 Å². The van der Waals surface area contributed by atoms with Crippen LogP contribution in [0.1, 0.15) is 25.3 Å². The van der Waals surface area contributed by atoms with Crippen LogP contribution in [0.5, 0.6) is 5.75 Å². The molecule has 8 heteroatoms. The van der Waals surface area contributed by atoms with Gasteiger partial charge in [-0.25, -0.2) is 13.1 Å². The average molecular weight is 356 g/mol. The first kappa shape index (κ1) is 18.7. The first-order chi connectivity index (χ1) is 11.4. The molecule has 1 unspecified atom stereocenters. The SMILES string of the molecule is COc1ccc(CCNC(C)=O)cc1S(=O)(=O)NCC1CCCO1. The molecule has 1 aromatic rings. The lowest BCUT2D eigenvalue weighted by Gasteiger charge is -2.14. The van der Waals surface area contributed by atoms with Crippen LogP contribution in [0.3, 0.4) is 0 Å². The van der Waals surface area contributed by atoms with Crippen LogP contribution in [0.2, 0.25) is 0 Å². The highest BCUT2D eigenvalue weighted by atomic mass is 32.2. The Kier molecular flexibility index (Phi) is 6.59. The number of benzene rings is 1. The molecule has 1 fully saturated rings. The number of carbonyl (C=O) groups is 1. The zero-order chi connectivity index (χ0) is 17.6. The Morgan fingerprint density at radius 3 is 2.83 bits per heavy atom. The summed E-state index contributed by atoms with van der Waals surface area (Å²) in [6.07, 6.45) is 2.27. The maximum Gasteiger partial charge on any atom is 0.244 e. The number of ether oxygens (including phenoxy) is 2. The topological polar surface area (TPSA) is 93.7 Å². The van der Waals surface area contributed by atoms with Crippen LogP contribution in [0, 0.1) is 0 Å². The van der Waals surface area contributed by atoms with Crippen molar-refractivity contribution < 1.29 is 22.7 Å². The van der Waals surface area contributed by atoms with E-state index < -0.39 is 10.0 Å². The molecule has 1 amide bonds. The molecule has 1 aliphatic rings. The Morgan fingerprint density at radius 2 is 2.21 bits per heavy atom. The second-order valence-electron chi connectivity index (χ2n) is 5.71. The molecule has 0 aromatic heterocycles. The summed E-state index contributed by atoms with van der Waals surface area (Å²) in [5.41, 5.74) is 0.807. The Morgan fingerprint density at radius 1 is 1.42 bits per heavy atom. The quantitative estimate of drug-likeness (QED) is 0.720. The van der Waals surface area contributed by atoms with E-state index in [4.69, 9.17) is 9.47 Å². The lowest BCUT2D eigenvalue weighted by atomic mass is 10.1. The molecule has 0 aliphatic carbocycles. The molecule has 0 bridgehead atoms. The van der Waals surface area contributed by atoms with Crippen LogP contribution in [0.15, 0.2) is 23.1 Å². The minimum atomic E-state index is -3.70. The fourth-order valence-corrected chi connectivity index (χ4v) is 3.84. The van der Waals surface area contributed by atoms with Crippen LogP contribution in [-0.4, -0.2) is 47.2 Å². The molecule has 7 nitrogen and oxygen atoms in total. The highest BCUT2D eigenvalue weighted by Gasteiger charge is 2.23. The minimum absolute atomic E-state index is 0.0753. The molecule has 1 heterocycles. The van der Waals surface area contributed by atoms with Crippen molar-refractivity contribution in [3.05, 3.63) is 23.8 Å². The zero-order valence-corrected chi connectivity index (χ0v) is 14.8. The summed E-state index contributed by atoms with van der Waals surface area (Å²) in [4.78, 5) is 11.0. The van der Waals surface area contributed by atoms with E-state index in [1.54, 1.807) is 18.2 Å². The van der Waals surface area contributed by atoms with E-state index in [0.717, 1.165) is 18.4 Å². The average Bonchev–Trinajstić information content (AvgIpc) is 3.06. The van der Waals surface area contributed by atoms with E-state index >= 15 is 0 Å². The van der Waals surface area contributed by atoms with E-state index in [1.807, 2.05) is 0 Å². The minimum Gasteiger partial charge on any atom is -0.495 e. The number of amides is 1. The molecule has 2 rings (SSSR count). The van der Waals surface area contributed by atoms with Gasteiger partial charge in [0.05, 0.1) is 13.2 Å². The number of sulfonamides is 1. The molecule has 0 spiro atoms. The summed E-state index contributed by atoms with van der Waals surface area (Å²) in [7, 11) is -2.26. The maximum atomic E-state index is 12.6. The predicted octanol–water partition coefficient (Wildman–Crippen LogP) is 0.831. The van der Waals surface area contributed by atoms with Crippen molar-refractivity contribution in [2.45, 2.75) is 37.2 Å². The van der Waals surface area contributed by atoms with Gasteiger partial charge in [-0.3, -0.25) is 4.79 Å². The number of methoxy groups -OCH3 is 1. The van der Waals surface area contributed by atoms with Crippen LogP contribution in [0.25, 0.3) is 0 Å². The van der Waals surface area contributed by atoms with Gasteiger partial charge in [-0.05, 0) is 37.0 Å². The van der Waals surface area contributed by atoms with Crippen LogP contribution >= 0.6 is 0 Å². The molecule has 134 valence electrons. The van der Waals surface area contributed by atoms with E-state index in [0.29, 0.717) is 19.6 Å². The Hall–Kier alpha value is -1.64. The second kappa shape index (κ2) is 8.46. The molecule has 0 saturated carbocycles. The van der Waals surface area contributed by atoms with Crippen LogP contribution < -0.4 is 14.8 Å². The first-order valence-electron chi connectivity index (χ1n) is 7.95. The third kappa shape index (κ3) is 5.19. The highest BCUT2D eigenvalue weighted by molar-refractivity contribution is 7.89. The van der Waals surface area contributed by atoms with E-state index in [1.165, 1.54) is 14.0 Å². The molecule has 0 radical (unpaired) electrons. The number of hydrogen-bond acceptors (Lipinski definition) is 5. The van der Waals surface area contributed by atoms with Crippen molar-refractivity contribution in [3.8, 4) is 5.75 Å². The van der Waals surface area contributed by atoms with Crippen LogP contribution in [-0.2, 0) is 26.0 Å². The zero-order valence-electron chi connectivity index (χ0n) is 14.0. The number of hydrogen-bond donors (Lipinski definition) is 2. The lowest BCUT2D eigenvalue weighted by molar-refractivity contribution is -0.118. The van der Waals surface area contributed by atoms with Gasteiger partial charge < -0.3 is 14.8 Å². The van der Waals surface area contributed by atoms with Crippen molar-refractivity contribution in [2.75, 3.05) is 26.8 Å². The van der Waals surface area contributed by atoms with Gasteiger partial charge in [0.25, 0.3) is 0 Å².